The molecule has 0 saturated heterocycles. The highest BCUT2D eigenvalue weighted by molar-refractivity contribution is 7.90. The summed E-state index contributed by atoms with van der Waals surface area (Å²) in [6, 6.07) is -0.602. The molecule has 6 heteroatoms. The molecule has 0 aliphatic heterocycles. The van der Waals surface area contributed by atoms with E-state index in [-0.39, 0.29) is 23.7 Å². The highest BCUT2D eigenvalue weighted by atomic mass is 32.2. The fourth-order valence-electron chi connectivity index (χ4n) is 1.49. The van der Waals surface area contributed by atoms with Crippen molar-refractivity contribution in [3.8, 4) is 0 Å². The lowest BCUT2D eigenvalue weighted by atomic mass is 9.86. The molecule has 0 spiro atoms. The Bertz CT molecular complexity index is 343. The van der Waals surface area contributed by atoms with Crippen molar-refractivity contribution in [1.29, 1.82) is 0 Å². The molecule has 0 aromatic carbocycles. The first-order valence-electron chi connectivity index (χ1n) is 5.97. The Kier molecular flexibility index (Phi) is 4.57. The number of hydrogen-bond donors (Lipinski definition) is 3. The van der Waals surface area contributed by atoms with Crippen LogP contribution in [0.25, 0.3) is 0 Å². The van der Waals surface area contributed by atoms with Crippen LogP contribution in [0.1, 0.15) is 40.0 Å². The highest BCUT2D eigenvalue weighted by Crippen LogP contribution is 2.28. The fraction of sp³-hybridized carbons (Fsp3) is 1.00. The molecule has 1 fully saturated rings. The van der Waals surface area contributed by atoms with Crippen molar-refractivity contribution in [3.63, 3.8) is 0 Å². The molecule has 102 valence electrons. The molecule has 3 N–H and O–H groups in total. The number of aliphatic hydroxyl groups excluding tert-OH is 2. The van der Waals surface area contributed by atoms with E-state index in [4.69, 9.17) is 5.11 Å². The zero-order chi connectivity index (χ0) is 13.3. The van der Waals surface area contributed by atoms with Crippen molar-refractivity contribution in [2.24, 2.45) is 5.41 Å². The second-order valence-corrected chi connectivity index (χ2v) is 7.85. The lowest BCUT2D eigenvalue weighted by molar-refractivity contribution is 0.0420. The van der Waals surface area contributed by atoms with E-state index in [1.54, 1.807) is 0 Å². The van der Waals surface area contributed by atoms with E-state index in [1.165, 1.54) is 0 Å². The Morgan fingerprint density at radius 3 is 2.24 bits per heavy atom. The minimum absolute atomic E-state index is 0.228. The first-order valence-corrected chi connectivity index (χ1v) is 7.51. The number of aliphatic hydroxyl groups is 2. The standard InChI is InChI=1S/C11H23NO4S/c1-11(2,3)10(14)6-8(7-13)12-17(15,16)9-4-5-9/h8-10,12-14H,4-7H2,1-3H3/t8-,10-/m1/s1. The SMILES string of the molecule is CC(C)(C)[C@H](O)C[C@H](CO)NS(=O)(=O)C1CC1. The quantitative estimate of drug-likeness (QED) is 0.641. The Morgan fingerprint density at radius 2 is 1.88 bits per heavy atom. The van der Waals surface area contributed by atoms with Gasteiger partial charge in [0, 0.05) is 6.04 Å². The first kappa shape index (κ1) is 14.9. The number of rotatable bonds is 6. The summed E-state index contributed by atoms with van der Waals surface area (Å²) >= 11 is 0. The van der Waals surface area contributed by atoms with Crippen molar-refractivity contribution in [2.75, 3.05) is 6.61 Å². The van der Waals surface area contributed by atoms with E-state index in [9.17, 15) is 13.5 Å². The maximum Gasteiger partial charge on any atom is 0.214 e. The first-order chi connectivity index (χ1) is 7.66. The summed E-state index contributed by atoms with van der Waals surface area (Å²) in [6.45, 7) is 5.34. The Labute approximate surface area is 103 Å². The predicted octanol–water partition coefficient (Wildman–Crippen LogP) is 0.226. The van der Waals surface area contributed by atoms with Gasteiger partial charge in [0.1, 0.15) is 0 Å². The third-order valence-electron chi connectivity index (χ3n) is 3.02. The third-order valence-corrected chi connectivity index (χ3v) is 5.03. The monoisotopic (exact) mass is 265 g/mol. The summed E-state index contributed by atoms with van der Waals surface area (Å²) in [4.78, 5) is 0. The fourth-order valence-corrected chi connectivity index (χ4v) is 3.07. The van der Waals surface area contributed by atoms with E-state index in [1.807, 2.05) is 20.8 Å². The molecule has 0 heterocycles. The summed E-state index contributed by atoms with van der Waals surface area (Å²) < 4.78 is 25.8. The van der Waals surface area contributed by atoms with Crippen LogP contribution in [0.15, 0.2) is 0 Å². The van der Waals surface area contributed by atoms with Crippen LogP contribution in [-0.4, -0.2) is 42.6 Å². The van der Waals surface area contributed by atoms with Crippen molar-refractivity contribution >= 4 is 10.0 Å². The summed E-state index contributed by atoms with van der Waals surface area (Å²) in [5.41, 5.74) is -0.321. The average Bonchev–Trinajstić information content (AvgIpc) is 2.97. The third kappa shape index (κ3) is 4.54. The van der Waals surface area contributed by atoms with Crippen LogP contribution >= 0.6 is 0 Å². The molecule has 1 aliphatic rings. The van der Waals surface area contributed by atoms with Gasteiger partial charge in [0.25, 0.3) is 0 Å². The van der Waals surface area contributed by atoms with Gasteiger partial charge in [0.05, 0.1) is 18.0 Å². The van der Waals surface area contributed by atoms with Crippen LogP contribution < -0.4 is 4.72 Å². The van der Waals surface area contributed by atoms with Gasteiger partial charge in [-0.2, -0.15) is 0 Å². The Hall–Kier alpha value is -0.170. The van der Waals surface area contributed by atoms with Gasteiger partial charge in [0.2, 0.25) is 10.0 Å². The minimum atomic E-state index is -3.31. The molecule has 0 aromatic rings. The van der Waals surface area contributed by atoms with Gasteiger partial charge < -0.3 is 10.2 Å². The van der Waals surface area contributed by atoms with E-state index >= 15 is 0 Å². The number of hydrogen-bond acceptors (Lipinski definition) is 4. The van der Waals surface area contributed by atoms with E-state index < -0.39 is 22.2 Å². The molecule has 17 heavy (non-hydrogen) atoms. The smallest absolute Gasteiger partial charge is 0.214 e. The topological polar surface area (TPSA) is 86.6 Å². The minimum Gasteiger partial charge on any atom is -0.395 e. The lowest BCUT2D eigenvalue weighted by Crippen LogP contribution is -2.43. The van der Waals surface area contributed by atoms with E-state index in [2.05, 4.69) is 4.72 Å². The van der Waals surface area contributed by atoms with Crippen LogP contribution in [0, 0.1) is 5.41 Å². The zero-order valence-corrected chi connectivity index (χ0v) is 11.5. The van der Waals surface area contributed by atoms with Gasteiger partial charge >= 0.3 is 0 Å². The van der Waals surface area contributed by atoms with Crippen molar-refractivity contribution < 1.29 is 18.6 Å². The molecule has 0 aromatic heterocycles. The maximum absolute atomic E-state index is 11.7. The Morgan fingerprint density at radius 1 is 1.35 bits per heavy atom. The molecule has 1 aliphatic carbocycles. The summed E-state index contributed by atoms with van der Waals surface area (Å²) in [6.07, 6.45) is 0.956. The molecular formula is C11H23NO4S. The van der Waals surface area contributed by atoms with E-state index in [0.29, 0.717) is 12.8 Å². The van der Waals surface area contributed by atoms with Crippen LogP contribution in [-0.2, 0) is 10.0 Å². The van der Waals surface area contributed by atoms with Gasteiger partial charge in [-0.05, 0) is 24.7 Å². The van der Waals surface area contributed by atoms with Gasteiger partial charge in [-0.15, -0.1) is 0 Å². The van der Waals surface area contributed by atoms with Crippen molar-refractivity contribution in [1.82, 2.24) is 4.72 Å². The van der Waals surface area contributed by atoms with Crippen LogP contribution in [0.4, 0.5) is 0 Å². The average molecular weight is 265 g/mol. The van der Waals surface area contributed by atoms with Crippen LogP contribution in [0.3, 0.4) is 0 Å². The van der Waals surface area contributed by atoms with Gasteiger partial charge in [-0.1, -0.05) is 20.8 Å². The largest absolute Gasteiger partial charge is 0.395 e. The zero-order valence-electron chi connectivity index (χ0n) is 10.7. The van der Waals surface area contributed by atoms with Crippen molar-refractivity contribution in [2.45, 2.75) is 57.4 Å². The summed E-state index contributed by atoms with van der Waals surface area (Å²) in [5, 5.41) is 18.8. The second kappa shape index (κ2) is 5.22. The summed E-state index contributed by atoms with van der Waals surface area (Å²) in [7, 11) is -3.31. The highest BCUT2D eigenvalue weighted by Gasteiger charge is 2.37. The molecule has 5 nitrogen and oxygen atoms in total. The second-order valence-electron chi connectivity index (χ2n) is 5.86. The molecule has 0 unspecified atom stereocenters. The van der Waals surface area contributed by atoms with Gasteiger partial charge in [0.15, 0.2) is 0 Å². The number of sulfonamides is 1. The number of nitrogens with one attached hydrogen (secondary N) is 1. The molecule has 0 radical (unpaired) electrons. The molecule has 0 bridgehead atoms. The molecule has 0 amide bonds. The Balaban J connectivity index is 2.54. The maximum atomic E-state index is 11.7. The molecular weight excluding hydrogens is 242 g/mol. The lowest BCUT2D eigenvalue weighted by Gasteiger charge is -2.29. The molecule has 1 saturated carbocycles. The predicted molar refractivity (Wildman–Crippen MR) is 66.0 cm³/mol. The normalized spacial score (nSPS) is 21.2. The summed E-state index contributed by atoms with van der Waals surface area (Å²) in [5.74, 6) is 0. The van der Waals surface area contributed by atoms with Gasteiger partial charge in [-0.25, -0.2) is 13.1 Å². The molecule has 2 atom stereocenters. The van der Waals surface area contributed by atoms with Gasteiger partial charge in [-0.3, -0.25) is 0 Å². The van der Waals surface area contributed by atoms with Crippen LogP contribution in [0.2, 0.25) is 0 Å². The van der Waals surface area contributed by atoms with E-state index in [0.717, 1.165) is 0 Å². The molecule has 1 rings (SSSR count). The van der Waals surface area contributed by atoms with Crippen LogP contribution in [0.5, 0.6) is 0 Å². The van der Waals surface area contributed by atoms with Crippen molar-refractivity contribution in [3.05, 3.63) is 0 Å².